The van der Waals surface area contributed by atoms with Gasteiger partial charge in [0.2, 0.25) is 0 Å². The first-order valence-electron chi connectivity index (χ1n) is 8.34. The fourth-order valence-electron chi connectivity index (χ4n) is 2.99. The quantitative estimate of drug-likeness (QED) is 0.640. The van der Waals surface area contributed by atoms with Crippen LogP contribution in [0.3, 0.4) is 0 Å². The van der Waals surface area contributed by atoms with Crippen LogP contribution in [0.4, 0.5) is 0 Å². The third-order valence-corrected chi connectivity index (χ3v) is 4.49. The third kappa shape index (κ3) is 4.75. The van der Waals surface area contributed by atoms with Gasteiger partial charge in [0.05, 0.1) is 13.7 Å². The molecule has 1 heterocycles. The zero-order chi connectivity index (χ0) is 15.8. The van der Waals surface area contributed by atoms with E-state index in [1.807, 2.05) is 18.2 Å². The normalized spacial score (nSPS) is 21.4. The molecule has 4 nitrogen and oxygen atoms in total. The molecule has 0 aliphatic carbocycles. The van der Waals surface area contributed by atoms with Gasteiger partial charge >= 0.3 is 0 Å². The first-order chi connectivity index (χ1) is 10.8. The molecule has 1 aliphatic rings. The minimum absolute atomic E-state index is 0.744. The van der Waals surface area contributed by atoms with Crippen molar-refractivity contribution < 1.29 is 19.3 Å². The van der Waals surface area contributed by atoms with Crippen molar-refractivity contribution in [3.05, 3.63) is 36.4 Å². The molecule has 2 rings (SSSR count). The average Bonchev–Trinajstić information content (AvgIpc) is 2.57. The van der Waals surface area contributed by atoms with E-state index >= 15 is 0 Å². The minimum atomic E-state index is 0.744. The van der Waals surface area contributed by atoms with Gasteiger partial charge in [0.1, 0.15) is 39.3 Å². The molecule has 1 aromatic carbocycles. The number of methoxy groups -OCH3 is 1. The standard InChI is InChI=1S/C18H28N2O2/c1-4-6-16-7-8-17(18(15-16)21-3)22-14-13-20-11-9-19(5-2)10-12-20/h4,7-8,15H,1,5-6,9-14H2,2-3H3/p+2. The molecule has 0 aromatic heterocycles. The Bertz CT molecular complexity index is 468. The van der Waals surface area contributed by atoms with Crippen molar-refractivity contribution in [2.45, 2.75) is 13.3 Å². The number of ether oxygens (including phenoxy) is 2. The molecule has 0 unspecified atom stereocenters. The molecular formula is C18H30N2O2+2. The van der Waals surface area contributed by atoms with E-state index in [2.05, 4.69) is 19.6 Å². The highest BCUT2D eigenvalue weighted by molar-refractivity contribution is 5.43. The van der Waals surface area contributed by atoms with E-state index < -0.39 is 0 Å². The lowest BCUT2D eigenvalue weighted by molar-refractivity contribution is -1.01. The third-order valence-electron chi connectivity index (χ3n) is 4.49. The van der Waals surface area contributed by atoms with Gasteiger partial charge in [-0.05, 0) is 31.0 Å². The van der Waals surface area contributed by atoms with E-state index in [0.717, 1.165) is 31.1 Å². The number of benzene rings is 1. The molecule has 1 fully saturated rings. The molecule has 0 spiro atoms. The van der Waals surface area contributed by atoms with Gasteiger partial charge in [-0.2, -0.15) is 0 Å². The van der Waals surface area contributed by atoms with Crippen molar-refractivity contribution in [2.24, 2.45) is 0 Å². The second kappa shape index (κ2) is 8.81. The molecule has 1 saturated heterocycles. The first-order valence-corrected chi connectivity index (χ1v) is 8.34. The van der Waals surface area contributed by atoms with Crippen LogP contribution < -0.4 is 19.3 Å². The Balaban J connectivity index is 1.80. The highest BCUT2D eigenvalue weighted by Crippen LogP contribution is 2.28. The van der Waals surface area contributed by atoms with E-state index in [9.17, 15) is 0 Å². The van der Waals surface area contributed by atoms with Gasteiger partial charge in [0.15, 0.2) is 11.5 Å². The van der Waals surface area contributed by atoms with Crippen LogP contribution in [0.5, 0.6) is 11.5 Å². The van der Waals surface area contributed by atoms with Gasteiger partial charge in [-0.3, -0.25) is 0 Å². The summed E-state index contributed by atoms with van der Waals surface area (Å²) in [5.41, 5.74) is 1.20. The Morgan fingerprint density at radius 2 is 1.86 bits per heavy atom. The minimum Gasteiger partial charge on any atom is -0.493 e. The molecule has 1 aromatic rings. The van der Waals surface area contributed by atoms with Crippen LogP contribution in [-0.4, -0.2) is 53.0 Å². The number of piperazine rings is 1. The van der Waals surface area contributed by atoms with E-state index in [1.54, 1.807) is 16.9 Å². The van der Waals surface area contributed by atoms with Crippen LogP contribution in [0.25, 0.3) is 0 Å². The number of rotatable bonds is 8. The molecule has 2 N–H and O–H groups in total. The summed E-state index contributed by atoms with van der Waals surface area (Å²) < 4.78 is 11.4. The number of quaternary nitrogens is 2. The Morgan fingerprint density at radius 3 is 2.50 bits per heavy atom. The summed E-state index contributed by atoms with van der Waals surface area (Å²) >= 11 is 0. The van der Waals surface area contributed by atoms with Crippen molar-refractivity contribution in [1.82, 2.24) is 0 Å². The number of nitrogens with one attached hydrogen (secondary N) is 2. The molecule has 1 aliphatic heterocycles. The lowest BCUT2D eigenvalue weighted by atomic mass is 10.1. The predicted octanol–water partition coefficient (Wildman–Crippen LogP) is -0.394. The molecule has 122 valence electrons. The first kappa shape index (κ1) is 16.8. The smallest absolute Gasteiger partial charge is 0.161 e. The maximum atomic E-state index is 5.94. The highest BCUT2D eigenvalue weighted by Gasteiger charge is 2.21. The lowest BCUT2D eigenvalue weighted by Crippen LogP contribution is -3.28. The number of hydrogen-bond acceptors (Lipinski definition) is 2. The molecular weight excluding hydrogens is 276 g/mol. The van der Waals surface area contributed by atoms with E-state index in [-0.39, 0.29) is 0 Å². The Hall–Kier alpha value is -1.52. The summed E-state index contributed by atoms with van der Waals surface area (Å²) in [7, 11) is 1.69. The maximum absolute atomic E-state index is 5.94. The number of allylic oxidation sites excluding steroid dienone is 1. The van der Waals surface area contributed by atoms with Crippen molar-refractivity contribution >= 4 is 0 Å². The predicted molar refractivity (Wildman–Crippen MR) is 89.2 cm³/mol. The molecule has 0 saturated carbocycles. The molecule has 0 amide bonds. The molecule has 22 heavy (non-hydrogen) atoms. The largest absolute Gasteiger partial charge is 0.493 e. The summed E-state index contributed by atoms with van der Waals surface area (Å²) in [5.74, 6) is 1.65. The monoisotopic (exact) mass is 306 g/mol. The molecule has 4 heteroatoms. The van der Waals surface area contributed by atoms with Gasteiger partial charge in [0.25, 0.3) is 0 Å². The van der Waals surface area contributed by atoms with Crippen molar-refractivity contribution in [1.29, 1.82) is 0 Å². The van der Waals surface area contributed by atoms with E-state index in [4.69, 9.17) is 9.47 Å². The SMILES string of the molecule is C=CCc1ccc(OCC[NH+]2CC[NH+](CC)CC2)c(OC)c1. The Kier molecular flexibility index (Phi) is 6.74. The zero-order valence-corrected chi connectivity index (χ0v) is 14.0. The molecule has 0 radical (unpaired) electrons. The maximum Gasteiger partial charge on any atom is 0.161 e. The number of hydrogen-bond donors (Lipinski definition) is 2. The van der Waals surface area contributed by atoms with Gasteiger partial charge in [0, 0.05) is 0 Å². The second-order valence-corrected chi connectivity index (χ2v) is 5.93. The van der Waals surface area contributed by atoms with Gasteiger partial charge in [-0.15, -0.1) is 6.58 Å². The van der Waals surface area contributed by atoms with E-state index in [1.165, 1.54) is 38.3 Å². The average molecular weight is 306 g/mol. The van der Waals surface area contributed by atoms with Crippen LogP contribution in [0, 0.1) is 0 Å². The van der Waals surface area contributed by atoms with Crippen LogP contribution in [0.15, 0.2) is 30.9 Å². The molecule has 0 bridgehead atoms. The van der Waals surface area contributed by atoms with Crippen LogP contribution in [0.1, 0.15) is 12.5 Å². The fourth-order valence-corrected chi connectivity index (χ4v) is 2.99. The van der Waals surface area contributed by atoms with Crippen molar-refractivity contribution in [2.75, 3.05) is 53.0 Å². The van der Waals surface area contributed by atoms with Gasteiger partial charge in [-0.25, -0.2) is 0 Å². The zero-order valence-electron chi connectivity index (χ0n) is 14.0. The highest BCUT2D eigenvalue weighted by atomic mass is 16.5. The van der Waals surface area contributed by atoms with Crippen molar-refractivity contribution in [3.8, 4) is 11.5 Å². The molecule has 0 atom stereocenters. The van der Waals surface area contributed by atoms with Gasteiger partial charge in [-0.1, -0.05) is 12.1 Å². The number of likely N-dealkylation sites (N-methyl/N-ethyl adjacent to an activating group) is 1. The lowest BCUT2D eigenvalue weighted by Gasteiger charge is -2.28. The van der Waals surface area contributed by atoms with Gasteiger partial charge < -0.3 is 19.3 Å². The summed E-state index contributed by atoms with van der Waals surface area (Å²) in [6, 6.07) is 6.12. The topological polar surface area (TPSA) is 27.3 Å². The van der Waals surface area contributed by atoms with Crippen molar-refractivity contribution in [3.63, 3.8) is 0 Å². The Labute approximate surface area is 134 Å². The summed E-state index contributed by atoms with van der Waals surface area (Å²) in [4.78, 5) is 3.38. The summed E-state index contributed by atoms with van der Waals surface area (Å²) in [5, 5.41) is 0. The van der Waals surface area contributed by atoms with E-state index in [0.29, 0.717) is 0 Å². The van der Waals surface area contributed by atoms with Crippen LogP contribution in [0.2, 0.25) is 0 Å². The van der Waals surface area contributed by atoms with Crippen LogP contribution in [-0.2, 0) is 6.42 Å². The van der Waals surface area contributed by atoms with Crippen LogP contribution >= 0.6 is 0 Å². The summed E-state index contributed by atoms with van der Waals surface area (Å²) in [6.07, 6.45) is 2.75. The fraction of sp³-hybridized carbons (Fsp3) is 0.556. The second-order valence-electron chi connectivity index (χ2n) is 5.93. The summed E-state index contributed by atoms with van der Waals surface area (Å²) in [6.45, 7) is 14.2. The Morgan fingerprint density at radius 1 is 1.14 bits per heavy atom.